The van der Waals surface area contributed by atoms with Crippen LogP contribution in [0.15, 0.2) is 28.2 Å². The Morgan fingerprint density at radius 1 is 1.48 bits per heavy atom. The number of thiazole rings is 1. The topological polar surface area (TPSA) is 75.4 Å². The highest BCUT2D eigenvalue weighted by molar-refractivity contribution is 7.13. The van der Waals surface area contributed by atoms with Crippen molar-refractivity contribution in [1.29, 1.82) is 0 Å². The molecule has 0 radical (unpaired) electrons. The van der Waals surface area contributed by atoms with Crippen LogP contribution in [0.25, 0.3) is 10.8 Å². The van der Waals surface area contributed by atoms with Gasteiger partial charge in [-0.2, -0.15) is 0 Å². The number of nitrogens with zero attached hydrogens (tertiary/aromatic N) is 2. The highest BCUT2D eigenvalue weighted by atomic mass is 32.1. The summed E-state index contributed by atoms with van der Waals surface area (Å²) < 4.78 is 5.24. The van der Waals surface area contributed by atoms with Crippen molar-refractivity contribution in [3.63, 3.8) is 0 Å². The fourth-order valence-corrected chi connectivity index (χ4v) is 2.50. The minimum atomic E-state index is -0.289. The lowest BCUT2D eigenvalue weighted by molar-refractivity contribution is -0.122. The zero-order valence-corrected chi connectivity index (χ0v) is 12.9. The SMILES string of the molecule is CC(C)NC(=O)CN(C)C(=O)c1csc(-c2ccco2)n1. The van der Waals surface area contributed by atoms with Crippen molar-refractivity contribution in [1.82, 2.24) is 15.2 Å². The van der Waals surface area contributed by atoms with Crippen molar-refractivity contribution in [2.45, 2.75) is 19.9 Å². The van der Waals surface area contributed by atoms with Crippen LogP contribution in [-0.4, -0.2) is 41.3 Å². The van der Waals surface area contributed by atoms with E-state index in [-0.39, 0.29) is 24.4 Å². The van der Waals surface area contributed by atoms with Crippen LogP contribution in [0.3, 0.4) is 0 Å². The van der Waals surface area contributed by atoms with E-state index >= 15 is 0 Å². The van der Waals surface area contributed by atoms with Crippen LogP contribution in [-0.2, 0) is 4.79 Å². The molecule has 0 atom stereocenters. The Morgan fingerprint density at radius 3 is 2.86 bits per heavy atom. The van der Waals surface area contributed by atoms with Gasteiger partial charge in [-0.25, -0.2) is 4.98 Å². The monoisotopic (exact) mass is 307 g/mol. The van der Waals surface area contributed by atoms with Gasteiger partial charge < -0.3 is 14.6 Å². The molecule has 0 saturated heterocycles. The molecular weight excluding hydrogens is 290 g/mol. The smallest absolute Gasteiger partial charge is 0.273 e. The maximum absolute atomic E-state index is 12.2. The average molecular weight is 307 g/mol. The Bertz CT molecular complexity index is 619. The first-order valence-corrected chi connectivity index (χ1v) is 7.39. The molecule has 0 aliphatic heterocycles. The number of hydrogen-bond acceptors (Lipinski definition) is 5. The standard InChI is InChI=1S/C14H17N3O3S/c1-9(2)15-12(18)7-17(3)14(19)10-8-21-13(16-10)11-5-4-6-20-11/h4-6,8-9H,7H2,1-3H3,(H,15,18). The molecule has 0 aliphatic rings. The average Bonchev–Trinajstić information content (AvgIpc) is 3.07. The highest BCUT2D eigenvalue weighted by Gasteiger charge is 2.19. The molecule has 2 aromatic heterocycles. The first kappa shape index (κ1) is 15.2. The maximum atomic E-state index is 12.2. The van der Waals surface area contributed by atoms with E-state index in [0.717, 1.165) is 0 Å². The van der Waals surface area contributed by atoms with Gasteiger partial charge in [0.2, 0.25) is 5.91 Å². The second-order valence-electron chi connectivity index (χ2n) is 4.90. The molecule has 0 aliphatic carbocycles. The van der Waals surface area contributed by atoms with E-state index in [9.17, 15) is 9.59 Å². The molecule has 0 saturated carbocycles. The van der Waals surface area contributed by atoms with Gasteiger partial charge in [0.05, 0.1) is 12.8 Å². The molecular formula is C14H17N3O3S. The molecule has 0 bridgehead atoms. The Hall–Kier alpha value is -2.15. The second kappa shape index (κ2) is 6.53. The Morgan fingerprint density at radius 2 is 2.24 bits per heavy atom. The van der Waals surface area contributed by atoms with Crippen molar-refractivity contribution < 1.29 is 14.0 Å². The number of furan rings is 1. The summed E-state index contributed by atoms with van der Waals surface area (Å²) in [6.45, 7) is 3.75. The van der Waals surface area contributed by atoms with Crippen LogP contribution >= 0.6 is 11.3 Å². The molecule has 0 spiro atoms. The van der Waals surface area contributed by atoms with Crippen molar-refractivity contribution in [2.24, 2.45) is 0 Å². The van der Waals surface area contributed by atoms with E-state index < -0.39 is 0 Å². The van der Waals surface area contributed by atoms with E-state index in [1.165, 1.54) is 16.2 Å². The number of likely N-dealkylation sites (N-methyl/N-ethyl adjacent to an activating group) is 1. The molecule has 0 unspecified atom stereocenters. The molecule has 2 heterocycles. The van der Waals surface area contributed by atoms with Gasteiger partial charge in [-0.15, -0.1) is 11.3 Å². The summed E-state index contributed by atoms with van der Waals surface area (Å²) in [6.07, 6.45) is 1.56. The third kappa shape index (κ3) is 3.91. The van der Waals surface area contributed by atoms with Crippen molar-refractivity contribution in [3.8, 4) is 10.8 Å². The van der Waals surface area contributed by atoms with Crippen LogP contribution in [0.5, 0.6) is 0 Å². The summed E-state index contributed by atoms with van der Waals surface area (Å²) >= 11 is 1.33. The van der Waals surface area contributed by atoms with Crippen molar-refractivity contribution in [2.75, 3.05) is 13.6 Å². The molecule has 0 aromatic carbocycles. The van der Waals surface area contributed by atoms with Crippen LogP contribution in [0, 0.1) is 0 Å². The normalized spacial score (nSPS) is 10.7. The summed E-state index contributed by atoms with van der Waals surface area (Å²) in [5.41, 5.74) is 0.311. The molecule has 0 fully saturated rings. The molecule has 2 rings (SSSR count). The zero-order chi connectivity index (χ0) is 15.4. The number of aromatic nitrogens is 1. The van der Waals surface area contributed by atoms with Crippen LogP contribution in [0.2, 0.25) is 0 Å². The lowest BCUT2D eigenvalue weighted by Gasteiger charge is -2.16. The predicted molar refractivity (Wildman–Crippen MR) is 80.1 cm³/mol. The lowest BCUT2D eigenvalue weighted by Crippen LogP contribution is -2.40. The van der Waals surface area contributed by atoms with Gasteiger partial charge in [0, 0.05) is 18.5 Å². The third-order valence-corrected chi connectivity index (χ3v) is 3.49. The fraction of sp³-hybridized carbons (Fsp3) is 0.357. The van der Waals surface area contributed by atoms with Gasteiger partial charge >= 0.3 is 0 Å². The first-order chi connectivity index (χ1) is 9.97. The summed E-state index contributed by atoms with van der Waals surface area (Å²) in [4.78, 5) is 29.5. The van der Waals surface area contributed by atoms with E-state index in [2.05, 4.69) is 10.3 Å². The van der Waals surface area contributed by atoms with E-state index in [1.807, 2.05) is 13.8 Å². The van der Waals surface area contributed by atoms with Gasteiger partial charge in [0.15, 0.2) is 10.8 Å². The summed E-state index contributed by atoms with van der Waals surface area (Å²) in [6, 6.07) is 3.60. The zero-order valence-electron chi connectivity index (χ0n) is 12.1. The molecule has 112 valence electrons. The second-order valence-corrected chi connectivity index (χ2v) is 5.76. The maximum Gasteiger partial charge on any atom is 0.273 e. The predicted octanol–water partition coefficient (Wildman–Crippen LogP) is 2.00. The van der Waals surface area contributed by atoms with Gasteiger partial charge in [-0.1, -0.05) is 0 Å². The van der Waals surface area contributed by atoms with Crippen LogP contribution in [0.1, 0.15) is 24.3 Å². The number of rotatable bonds is 5. The lowest BCUT2D eigenvalue weighted by atomic mass is 10.3. The van der Waals surface area contributed by atoms with E-state index in [1.54, 1.807) is 30.8 Å². The number of carbonyl (C=O) groups is 2. The highest BCUT2D eigenvalue weighted by Crippen LogP contribution is 2.24. The van der Waals surface area contributed by atoms with Crippen molar-refractivity contribution >= 4 is 23.2 Å². The van der Waals surface area contributed by atoms with E-state index in [4.69, 9.17) is 4.42 Å². The fourth-order valence-electron chi connectivity index (χ4n) is 1.74. The Labute approximate surface area is 126 Å². The molecule has 2 aromatic rings. The molecule has 1 N–H and O–H groups in total. The number of hydrogen-bond donors (Lipinski definition) is 1. The Balaban J connectivity index is 2.01. The van der Waals surface area contributed by atoms with Gasteiger partial charge in [0.25, 0.3) is 5.91 Å². The van der Waals surface area contributed by atoms with Gasteiger partial charge in [-0.3, -0.25) is 9.59 Å². The summed E-state index contributed by atoms with van der Waals surface area (Å²) in [5, 5.41) is 5.05. The quantitative estimate of drug-likeness (QED) is 0.916. The van der Waals surface area contributed by atoms with Gasteiger partial charge in [-0.05, 0) is 26.0 Å². The minimum Gasteiger partial charge on any atom is -0.462 e. The minimum absolute atomic E-state index is 0.00459. The largest absolute Gasteiger partial charge is 0.462 e. The Kier molecular flexibility index (Phi) is 4.74. The number of carbonyl (C=O) groups excluding carboxylic acids is 2. The van der Waals surface area contributed by atoms with Gasteiger partial charge in [0.1, 0.15) is 5.69 Å². The number of amides is 2. The van der Waals surface area contributed by atoms with Crippen LogP contribution < -0.4 is 5.32 Å². The molecule has 7 heteroatoms. The van der Waals surface area contributed by atoms with E-state index in [0.29, 0.717) is 16.5 Å². The third-order valence-electron chi connectivity index (χ3n) is 2.63. The molecule has 6 nitrogen and oxygen atoms in total. The molecule has 2 amide bonds. The summed E-state index contributed by atoms with van der Waals surface area (Å²) in [5.74, 6) is 0.143. The first-order valence-electron chi connectivity index (χ1n) is 6.51. The number of nitrogens with one attached hydrogen (secondary N) is 1. The van der Waals surface area contributed by atoms with Crippen LogP contribution in [0.4, 0.5) is 0 Å². The summed E-state index contributed by atoms with van der Waals surface area (Å²) in [7, 11) is 1.58. The van der Waals surface area contributed by atoms with Crippen molar-refractivity contribution in [3.05, 3.63) is 29.5 Å². The molecule has 21 heavy (non-hydrogen) atoms.